The second-order valence-corrected chi connectivity index (χ2v) is 11.2. The van der Waals surface area contributed by atoms with Gasteiger partial charge in [-0.15, -0.1) is 0 Å². The van der Waals surface area contributed by atoms with Crippen LogP contribution in [0.15, 0.2) is 72.0 Å². The number of likely N-dealkylation sites (tertiary alicyclic amines) is 1. The van der Waals surface area contributed by atoms with E-state index in [1.165, 1.54) is 19.3 Å². The topological polar surface area (TPSA) is 72.1 Å². The van der Waals surface area contributed by atoms with E-state index in [2.05, 4.69) is 22.1 Å². The summed E-state index contributed by atoms with van der Waals surface area (Å²) < 4.78 is 23.8. The van der Waals surface area contributed by atoms with Crippen molar-refractivity contribution in [2.24, 2.45) is 0 Å². The molecule has 2 aliphatic rings. The molecule has 8 heteroatoms. The number of nitrogens with zero attached hydrogens (tertiary/aromatic N) is 4. The zero-order valence-corrected chi connectivity index (χ0v) is 21.3. The van der Waals surface area contributed by atoms with E-state index in [0.29, 0.717) is 13.2 Å². The Morgan fingerprint density at radius 2 is 1.81 bits per heavy atom. The van der Waals surface area contributed by atoms with Crippen LogP contribution in [0.4, 0.5) is 0 Å². The highest BCUT2D eigenvalue weighted by Gasteiger charge is 2.42. The van der Waals surface area contributed by atoms with E-state index >= 15 is 0 Å². The maximum Gasteiger partial charge on any atom is 0.190 e. The molecule has 0 bridgehead atoms. The van der Waals surface area contributed by atoms with Gasteiger partial charge in [-0.05, 0) is 55.3 Å². The van der Waals surface area contributed by atoms with Gasteiger partial charge >= 0.3 is 0 Å². The second-order valence-electron chi connectivity index (χ2n) is 9.81. The Morgan fingerprint density at radius 1 is 1.00 bits per heavy atom. The highest BCUT2D eigenvalue weighted by atomic mass is 32.2. The van der Waals surface area contributed by atoms with Crippen molar-refractivity contribution in [1.29, 1.82) is 0 Å². The summed E-state index contributed by atoms with van der Waals surface area (Å²) in [4.78, 5) is 8.14. The highest BCUT2D eigenvalue weighted by Crippen LogP contribution is 2.31. The molecule has 2 fully saturated rings. The molecular formula is C28H31N4O3S+. The van der Waals surface area contributed by atoms with Gasteiger partial charge in [0.05, 0.1) is 19.4 Å². The fourth-order valence-electron chi connectivity index (χ4n) is 5.08. The monoisotopic (exact) mass is 503 g/mol. The van der Waals surface area contributed by atoms with Crippen molar-refractivity contribution in [1.82, 2.24) is 19.5 Å². The van der Waals surface area contributed by atoms with Gasteiger partial charge in [0.1, 0.15) is 12.0 Å². The molecule has 4 heterocycles. The average molecular weight is 504 g/mol. The third-order valence-electron chi connectivity index (χ3n) is 7.06. The lowest BCUT2D eigenvalue weighted by Gasteiger charge is -2.45. The van der Waals surface area contributed by atoms with Gasteiger partial charge in [-0.3, -0.25) is 4.90 Å². The van der Waals surface area contributed by atoms with Gasteiger partial charge in [-0.25, -0.2) is 9.50 Å². The molecule has 0 spiro atoms. The van der Waals surface area contributed by atoms with E-state index < -0.39 is 11.2 Å². The maximum absolute atomic E-state index is 9.97. The zero-order valence-electron chi connectivity index (χ0n) is 20.5. The predicted octanol–water partition coefficient (Wildman–Crippen LogP) is 4.78. The van der Waals surface area contributed by atoms with Crippen LogP contribution in [0.3, 0.4) is 0 Å². The van der Waals surface area contributed by atoms with Gasteiger partial charge in [0.25, 0.3) is 0 Å². The van der Waals surface area contributed by atoms with Crippen LogP contribution in [0.1, 0.15) is 19.3 Å². The molecule has 1 unspecified atom stereocenters. The summed E-state index contributed by atoms with van der Waals surface area (Å²) in [5.74, 6) is 0.869. The van der Waals surface area contributed by atoms with Crippen LogP contribution in [-0.2, 0) is 15.9 Å². The van der Waals surface area contributed by atoms with Crippen LogP contribution < -0.4 is 4.74 Å². The number of piperidine rings is 1. The first-order valence-corrected chi connectivity index (χ1v) is 14.1. The minimum atomic E-state index is -0.788. The predicted molar refractivity (Wildman–Crippen MR) is 143 cm³/mol. The average Bonchev–Trinajstić information content (AvgIpc) is 3.32. The number of hydrogen-bond donors (Lipinski definition) is 1. The number of aromatic nitrogens is 3. The van der Waals surface area contributed by atoms with Crippen molar-refractivity contribution >= 4 is 16.8 Å². The molecular weight excluding hydrogens is 472 g/mol. The first kappa shape index (κ1) is 23.5. The summed E-state index contributed by atoms with van der Waals surface area (Å²) in [6, 6.07) is 16.1. The molecule has 2 aliphatic heterocycles. The fraction of sp³-hybridized carbons (Fsp3) is 0.357. The molecule has 0 amide bonds. The molecule has 36 heavy (non-hydrogen) atoms. The number of benzene rings is 2. The smallest absolute Gasteiger partial charge is 0.190 e. The third kappa shape index (κ3) is 4.74. The summed E-state index contributed by atoms with van der Waals surface area (Å²) in [6.45, 7) is 4.53. The Kier molecular flexibility index (Phi) is 6.43. The SMILES string of the molecule is C[S+](O)c1cccc(-c2cnn3cc(-c4ccc(OC5(CN6CCCCC6)COC5)cc4)cnc23)c1. The van der Waals surface area contributed by atoms with Crippen LogP contribution in [0.5, 0.6) is 5.75 Å². The van der Waals surface area contributed by atoms with Gasteiger partial charge in [-0.1, -0.05) is 30.7 Å². The van der Waals surface area contributed by atoms with E-state index in [-0.39, 0.29) is 5.60 Å². The highest BCUT2D eigenvalue weighted by molar-refractivity contribution is 7.90. The second kappa shape index (κ2) is 9.86. The lowest BCUT2D eigenvalue weighted by Crippen LogP contribution is -2.61. The van der Waals surface area contributed by atoms with Crippen molar-refractivity contribution in [3.8, 4) is 28.0 Å². The first-order chi connectivity index (χ1) is 17.6. The van der Waals surface area contributed by atoms with Gasteiger partial charge in [-0.2, -0.15) is 9.65 Å². The normalized spacial score (nSPS) is 18.6. The summed E-state index contributed by atoms with van der Waals surface area (Å²) in [7, 11) is 0. The summed E-state index contributed by atoms with van der Waals surface area (Å²) >= 11 is -0.788. The largest absolute Gasteiger partial charge is 0.481 e. The van der Waals surface area contributed by atoms with Crippen LogP contribution in [0, 0.1) is 0 Å². The summed E-state index contributed by atoms with van der Waals surface area (Å²) in [6.07, 6.45) is 11.4. The molecule has 186 valence electrons. The van der Waals surface area contributed by atoms with E-state index in [0.717, 1.165) is 58.2 Å². The van der Waals surface area contributed by atoms with Gasteiger partial charge in [0.2, 0.25) is 0 Å². The lowest BCUT2D eigenvalue weighted by molar-refractivity contribution is -0.172. The number of fused-ring (bicyclic) bond motifs is 1. The maximum atomic E-state index is 9.97. The third-order valence-corrected chi connectivity index (χ3v) is 7.99. The summed E-state index contributed by atoms with van der Waals surface area (Å²) in [5.41, 5.74) is 4.53. The molecule has 0 saturated carbocycles. The molecule has 0 radical (unpaired) electrons. The number of ether oxygens (including phenoxy) is 2. The molecule has 4 aromatic rings. The lowest BCUT2D eigenvalue weighted by atomic mass is 9.99. The summed E-state index contributed by atoms with van der Waals surface area (Å²) in [5, 5.41) is 4.55. The molecule has 2 saturated heterocycles. The van der Waals surface area contributed by atoms with Crippen molar-refractivity contribution < 1.29 is 14.0 Å². The molecule has 7 nitrogen and oxygen atoms in total. The quantitative estimate of drug-likeness (QED) is 0.366. The van der Waals surface area contributed by atoms with E-state index in [1.807, 2.05) is 59.5 Å². The van der Waals surface area contributed by atoms with E-state index in [4.69, 9.17) is 14.5 Å². The van der Waals surface area contributed by atoms with Crippen molar-refractivity contribution in [3.05, 3.63) is 67.1 Å². The molecule has 1 N–H and O–H groups in total. The molecule has 1 atom stereocenters. The minimum absolute atomic E-state index is 0.240. The van der Waals surface area contributed by atoms with Gasteiger partial charge in [0, 0.05) is 36.1 Å². The molecule has 2 aromatic carbocycles. The standard InChI is InChI=1S/C28H31N4O3S/c1-36(33)25-7-5-6-22(14-25)26-16-30-32-17-23(15-29-27(26)32)21-8-10-24(11-9-21)35-28(19-34-20-28)18-31-12-3-2-4-13-31/h5-11,14-17,33H,2-4,12-13,18-20H2,1H3/q+1. The number of hydrogen-bond acceptors (Lipinski definition) is 6. The van der Waals surface area contributed by atoms with Crippen molar-refractivity contribution in [2.45, 2.75) is 29.8 Å². The van der Waals surface area contributed by atoms with Gasteiger partial charge < -0.3 is 9.47 Å². The van der Waals surface area contributed by atoms with Crippen LogP contribution in [0.2, 0.25) is 0 Å². The molecule has 6 rings (SSSR count). The Hall–Kier alpha value is -2.91. The Bertz CT molecular complexity index is 1340. The zero-order chi connectivity index (χ0) is 24.5. The fourth-order valence-corrected chi connectivity index (χ4v) is 5.65. The van der Waals surface area contributed by atoms with E-state index in [1.54, 1.807) is 6.26 Å². The Balaban J connectivity index is 1.19. The van der Waals surface area contributed by atoms with Crippen LogP contribution in [0.25, 0.3) is 27.9 Å². The van der Waals surface area contributed by atoms with Gasteiger partial charge in [0.15, 0.2) is 27.3 Å². The van der Waals surface area contributed by atoms with Crippen LogP contribution >= 0.6 is 0 Å². The Morgan fingerprint density at radius 3 is 2.53 bits per heavy atom. The molecule has 0 aliphatic carbocycles. The van der Waals surface area contributed by atoms with Crippen molar-refractivity contribution in [3.63, 3.8) is 0 Å². The minimum Gasteiger partial charge on any atom is -0.481 e. The van der Waals surface area contributed by atoms with E-state index in [9.17, 15) is 4.55 Å². The number of rotatable bonds is 7. The van der Waals surface area contributed by atoms with Crippen molar-refractivity contribution in [2.75, 3.05) is 39.1 Å². The Labute approximate surface area is 214 Å². The molecule has 2 aromatic heterocycles. The van der Waals surface area contributed by atoms with Crippen LogP contribution in [-0.4, -0.2) is 68.8 Å². The first-order valence-electron chi connectivity index (χ1n) is 12.5.